The number of hydrogen-bond acceptors (Lipinski definition) is 3. The zero-order valence-corrected chi connectivity index (χ0v) is 26.5. The minimum Gasteiger partial charge on any atom is -0.481 e. The molecule has 0 aromatic rings. The lowest BCUT2D eigenvalue weighted by molar-refractivity contribution is -0.202. The third-order valence-electron chi connectivity index (χ3n) is 13.2. The molecule has 0 aromatic heterocycles. The molecule has 0 aromatic carbocycles. The van der Waals surface area contributed by atoms with E-state index in [0.29, 0.717) is 52.9 Å². The topological polar surface area (TPSA) is 66.8 Å². The number of carboxylic acid groups (broad SMARTS) is 1. The Morgan fingerprint density at radius 2 is 1.65 bits per heavy atom. The molecule has 0 radical (unpaired) electrons. The molecular formula is C32H58O4Si. The Bertz CT molecular complexity index is 835. The summed E-state index contributed by atoms with van der Waals surface area (Å²) in [6, 6.07) is 0. The van der Waals surface area contributed by atoms with E-state index in [1.54, 1.807) is 0 Å². The van der Waals surface area contributed by atoms with Gasteiger partial charge in [0.1, 0.15) is 0 Å². The van der Waals surface area contributed by atoms with Crippen LogP contribution in [-0.4, -0.2) is 36.7 Å². The van der Waals surface area contributed by atoms with Crippen LogP contribution in [0.5, 0.6) is 0 Å². The van der Waals surface area contributed by atoms with Gasteiger partial charge in [0, 0.05) is 12.5 Å². The third kappa shape index (κ3) is 5.01. The van der Waals surface area contributed by atoms with E-state index in [0.717, 1.165) is 19.3 Å². The lowest BCUT2D eigenvalue weighted by Crippen LogP contribution is -2.62. The van der Waals surface area contributed by atoms with E-state index >= 15 is 0 Å². The summed E-state index contributed by atoms with van der Waals surface area (Å²) in [7, 11) is -1.82. The van der Waals surface area contributed by atoms with E-state index in [1.807, 2.05) is 0 Å². The van der Waals surface area contributed by atoms with Crippen molar-refractivity contribution >= 4 is 14.3 Å². The fourth-order valence-corrected chi connectivity index (χ4v) is 11.6. The maximum Gasteiger partial charge on any atom is 0.303 e. The van der Waals surface area contributed by atoms with Crippen molar-refractivity contribution in [2.75, 3.05) is 0 Å². The molecular weight excluding hydrogens is 476 g/mol. The fourth-order valence-electron chi connectivity index (χ4n) is 10.2. The molecule has 0 amide bonds. The first-order valence-corrected chi connectivity index (χ1v) is 18.5. The first-order chi connectivity index (χ1) is 17.1. The SMILES string of the molecule is CCC1C2CC(O[Si](C)(C)C(C)(C)C)CCC2(C)C2CCC3(C)C(CCC3[C@H](C)CCC(=O)O)[C@@H]2[C@@H]1O. The minimum absolute atomic E-state index is 0.211. The molecule has 37 heavy (non-hydrogen) atoms. The number of aliphatic hydroxyl groups is 1. The largest absolute Gasteiger partial charge is 0.481 e. The van der Waals surface area contributed by atoms with Crippen LogP contribution in [0.4, 0.5) is 0 Å². The van der Waals surface area contributed by atoms with Crippen LogP contribution < -0.4 is 0 Å². The standard InChI is InChI=1S/C32H58O4Si/c1-10-22-26-19-21(36-37(8,9)30(3,4)5)15-17-32(26,7)25-16-18-31(6)23(20(2)11-14-27(33)34)12-13-24(31)28(25)29(22)35/h20-26,28-29,35H,10-19H2,1-9H3,(H,33,34)/t20-,21?,22?,23?,24?,25?,26?,28+,29-,31?,32?/m1/s1. The molecule has 4 rings (SSSR count). The van der Waals surface area contributed by atoms with E-state index in [1.165, 1.54) is 38.5 Å². The maximum absolute atomic E-state index is 12.1. The van der Waals surface area contributed by atoms with Crippen LogP contribution in [0.25, 0.3) is 0 Å². The first kappa shape index (κ1) is 29.6. The van der Waals surface area contributed by atoms with Crippen molar-refractivity contribution in [2.45, 2.75) is 143 Å². The molecule has 4 nitrogen and oxygen atoms in total. The summed E-state index contributed by atoms with van der Waals surface area (Å²) >= 11 is 0. The summed E-state index contributed by atoms with van der Waals surface area (Å²) in [5.74, 6) is 2.86. The van der Waals surface area contributed by atoms with Gasteiger partial charge in [0.15, 0.2) is 8.32 Å². The summed E-state index contributed by atoms with van der Waals surface area (Å²) in [6.45, 7) is 21.5. The minimum atomic E-state index is -1.82. The number of carboxylic acids is 1. The number of aliphatic carboxylic acids is 1. The van der Waals surface area contributed by atoms with Gasteiger partial charge >= 0.3 is 5.97 Å². The van der Waals surface area contributed by atoms with Gasteiger partial charge in [-0.05, 0) is 122 Å². The van der Waals surface area contributed by atoms with Crippen LogP contribution in [-0.2, 0) is 9.22 Å². The summed E-state index contributed by atoms with van der Waals surface area (Å²) < 4.78 is 6.98. The van der Waals surface area contributed by atoms with Gasteiger partial charge in [-0.15, -0.1) is 0 Å². The quantitative estimate of drug-likeness (QED) is 0.323. The highest BCUT2D eigenvalue weighted by atomic mass is 28.4. The van der Waals surface area contributed by atoms with E-state index in [9.17, 15) is 15.0 Å². The highest BCUT2D eigenvalue weighted by Gasteiger charge is 2.65. The van der Waals surface area contributed by atoms with Crippen molar-refractivity contribution < 1.29 is 19.4 Å². The maximum atomic E-state index is 12.1. The Hall–Kier alpha value is -0.393. The molecule has 4 saturated carbocycles. The Morgan fingerprint density at radius 3 is 2.24 bits per heavy atom. The monoisotopic (exact) mass is 534 g/mol. The van der Waals surface area contributed by atoms with Crippen LogP contribution in [0.15, 0.2) is 0 Å². The predicted octanol–water partition coefficient (Wildman–Crippen LogP) is 8.14. The highest BCUT2D eigenvalue weighted by molar-refractivity contribution is 6.74. The van der Waals surface area contributed by atoms with E-state index < -0.39 is 14.3 Å². The number of hydrogen-bond donors (Lipinski definition) is 2. The predicted molar refractivity (Wildman–Crippen MR) is 154 cm³/mol. The Labute approximate surface area is 228 Å². The van der Waals surface area contributed by atoms with Gasteiger partial charge in [0.2, 0.25) is 0 Å². The number of rotatable bonds is 7. The van der Waals surface area contributed by atoms with Gasteiger partial charge in [0.05, 0.1) is 6.10 Å². The average molecular weight is 535 g/mol. The molecule has 4 aliphatic carbocycles. The lowest BCUT2D eigenvalue weighted by atomic mass is 9.41. The van der Waals surface area contributed by atoms with Gasteiger partial charge in [0.25, 0.3) is 0 Å². The molecule has 0 spiro atoms. The van der Waals surface area contributed by atoms with Crippen LogP contribution >= 0.6 is 0 Å². The first-order valence-electron chi connectivity index (χ1n) is 15.6. The zero-order chi connectivity index (χ0) is 27.6. The molecule has 0 aliphatic heterocycles. The van der Waals surface area contributed by atoms with Gasteiger partial charge in [-0.2, -0.15) is 0 Å². The Morgan fingerprint density at radius 1 is 1.03 bits per heavy atom. The molecule has 0 saturated heterocycles. The van der Waals surface area contributed by atoms with Gasteiger partial charge in [-0.3, -0.25) is 4.79 Å². The molecule has 4 fully saturated rings. The fraction of sp³-hybridized carbons (Fsp3) is 0.969. The second-order valence-corrected chi connectivity index (χ2v) is 20.6. The molecule has 5 heteroatoms. The van der Waals surface area contributed by atoms with E-state index in [-0.39, 0.29) is 23.0 Å². The zero-order valence-electron chi connectivity index (χ0n) is 25.5. The Balaban J connectivity index is 1.56. The summed E-state index contributed by atoms with van der Waals surface area (Å²) in [5.41, 5.74) is 0.538. The van der Waals surface area contributed by atoms with Gasteiger partial charge in [-0.1, -0.05) is 54.9 Å². The lowest BCUT2D eigenvalue weighted by Gasteiger charge is -2.65. The molecule has 0 heterocycles. The van der Waals surface area contributed by atoms with Crippen molar-refractivity contribution in [3.05, 3.63) is 0 Å². The summed E-state index contributed by atoms with van der Waals surface area (Å²) in [4.78, 5) is 11.3. The van der Waals surface area contributed by atoms with E-state index in [2.05, 4.69) is 61.6 Å². The highest BCUT2D eigenvalue weighted by Crippen LogP contribution is 2.69. The molecule has 8 unspecified atom stereocenters. The van der Waals surface area contributed by atoms with Crippen molar-refractivity contribution in [1.82, 2.24) is 0 Å². The average Bonchev–Trinajstić information content (AvgIpc) is 3.15. The van der Waals surface area contributed by atoms with Gasteiger partial charge < -0.3 is 14.6 Å². The molecule has 2 N–H and O–H groups in total. The van der Waals surface area contributed by atoms with E-state index in [4.69, 9.17) is 4.43 Å². The molecule has 4 aliphatic rings. The number of fused-ring (bicyclic) bond motifs is 5. The molecule has 214 valence electrons. The van der Waals surface area contributed by atoms with Crippen molar-refractivity contribution in [3.63, 3.8) is 0 Å². The summed E-state index contributed by atoms with van der Waals surface area (Å²) in [6.07, 6.45) is 10.7. The normalized spacial score (nSPS) is 45.0. The van der Waals surface area contributed by atoms with Crippen LogP contribution in [0.1, 0.15) is 113 Å². The third-order valence-corrected chi connectivity index (χ3v) is 17.7. The number of aliphatic hydroxyl groups excluding tert-OH is 1. The smallest absolute Gasteiger partial charge is 0.303 e. The van der Waals surface area contributed by atoms with Crippen LogP contribution in [0.3, 0.4) is 0 Å². The summed E-state index contributed by atoms with van der Waals surface area (Å²) in [5, 5.41) is 21.6. The van der Waals surface area contributed by atoms with Crippen LogP contribution in [0.2, 0.25) is 18.1 Å². The second kappa shape index (κ2) is 10.2. The second-order valence-electron chi connectivity index (χ2n) is 15.9. The van der Waals surface area contributed by atoms with Crippen molar-refractivity contribution in [3.8, 4) is 0 Å². The number of carbonyl (C=O) groups is 1. The molecule has 0 bridgehead atoms. The van der Waals surface area contributed by atoms with Crippen LogP contribution in [0, 0.1) is 52.3 Å². The Kier molecular flexibility index (Phi) is 8.17. The van der Waals surface area contributed by atoms with Crippen molar-refractivity contribution in [2.24, 2.45) is 52.3 Å². The van der Waals surface area contributed by atoms with Crippen molar-refractivity contribution in [1.29, 1.82) is 0 Å². The molecule has 11 atom stereocenters. The van der Waals surface area contributed by atoms with Gasteiger partial charge in [-0.25, -0.2) is 0 Å².